The van der Waals surface area contributed by atoms with Gasteiger partial charge < -0.3 is 9.47 Å². The number of anilines is 1. The highest BCUT2D eigenvalue weighted by atomic mass is 32.2. The topological polar surface area (TPSA) is 116 Å². The molecule has 3 aromatic carbocycles. The Balaban J connectivity index is 1.31. The van der Waals surface area contributed by atoms with Crippen molar-refractivity contribution in [2.45, 2.75) is 32.0 Å². The number of benzene rings is 3. The number of thioether (sulfide) groups is 1. The van der Waals surface area contributed by atoms with Gasteiger partial charge in [0.1, 0.15) is 12.1 Å². The van der Waals surface area contributed by atoms with Gasteiger partial charge in [-0.3, -0.25) is 19.3 Å². The largest absolute Gasteiger partial charge is 0.573 e. The summed E-state index contributed by atoms with van der Waals surface area (Å²) < 4.78 is 47.6. The number of carbonyl (C=O) groups is 3. The molecule has 0 aliphatic carbocycles. The zero-order valence-electron chi connectivity index (χ0n) is 24.0. The van der Waals surface area contributed by atoms with Gasteiger partial charge in [0.2, 0.25) is 11.8 Å². The molecule has 232 valence electrons. The molecule has 1 saturated heterocycles. The van der Waals surface area contributed by atoms with Crippen molar-refractivity contribution in [3.8, 4) is 22.8 Å². The Labute approximate surface area is 259 Å². The molecule has 2 heterocycles. The van der Waals surface area contributed by atoms with Crippen LogP contribution >= 0.6 is 11.8 Å². The van der Waals surface area contributed by atoms with Gasteiger partial charge in [0.25, 0.3) is 0 Å². The summed E-state index contributed by atoms with van der Waals surface area (Å²) in [5, 5.41) is 4.64. The van der Waals surface area contributed by atoms with Crippen LogP contribution in [0.3, 0.4) is 0 Å². The molecule has 0 saturated carbocycles. The second-order valence-electron chi connectivity index (χ2n) is 9.74. The summed E-state index contributed by atoms with van der Waals surface area (Å²) in [6.07, 6.45) is -2.98. The lowest BCUT2D eigenvalue weighted by atomic mass is 9.94. The summed E-state index contributed by atoms with van der Waals surface area (Å²) in [6.45, 7) is 1.97. The number of aromatic nitrogens is 3. The number of amidine groups is 1. The maximum atomic E-state index is 13.1. The van der Waals surface area contributed by atoms with Gasteiger partial charge in [0.15, 0.2) is 11.0 Å². The first kappa shape index (κ1) is 31.4. The fraction of sp³-hybridized carbons (Fsp3) is 0.226. The van der Waals surface area contributed by atoms with Crippen LogP contribution in [-0.2, 0) is 25.5 Å². The number of para-hydroxylation sites is 1. The Morgan fingerprint density at radius 1 is 1.04 bits per heavy atom. The standard InChI is InChI=1S/C31H26F3N5O5S/c1-3-19-6-4-5-7-25(19)39-27(41)17-45-30(39)36-26(40)16-24(29(42)43-2)20-8-10-21(11-9-20)28-35-18-38(37-28)22-12-14-23(15-13-22)44-31(32,33)34/h4-15,18,24H,3,16-17H2,1-2H3. The molecule has 4 aromatic rings. The van der Waals surface area contributed by atoms with E-state index in [0.717, 1.165) is 17.3 Å². The molecule has 0 N–H and O–H groups in total. The van der Waals surface area contributed by atoms with Crippen molar-refractivity contribution in [3.05, 3.63) is 90.3 Å². The smallest absolute Gasteiger partial charge is 0.469 e. The number of esters is 1. The maximum Gasteiger partial charge on any atom is 0.573 e. The van der Waals surface area contributed by atoms with Crippen LogP contribution in [-0.4, -0.2) is 56.9 Å². The predicted molar refractivity (Wildman–Crippen MR) is 161 cm³/mol. The van der Waals surface area contributed by atoms with E-state index in [9.17, 15) is 27.6 Å². The third kappa shape index (κ3) is 7.40. The number of carbonyl (C=O) groups excluding carboxylic acids is 3. The number of alkyl halides is 3. The number of halogens is 3. The average molecular weight is 638 g/mol. The fourth-order valence-electron chi connectivity index (χ4n) is 4.70. The zero-order chi connectivity index (χ0) is 32.1. The quantitative estimate of drug-likeness (QED) is 0.215. The van der Waals surface area contributed by atoms with Crippen molar-refractivity contribution >= 4 is 40.4 Å². The minimum Gasteiger partial charge on any atom is -0.469 e. The number of hydrogen-bond donors (Lipinski definition) is 0. The molecule has 2 amide bonds. The first-order valence-corrected chi connectivity index (χ1v) is 14.7. The van der Waals surface area contributed by atoms with Gasteiger partial charge in [0, 0.05) is 12.0 Å². The van der Waals surface area contributed by atoms with Gasteiger partial charge >= 0.3 is 12.3 Å². The summed E-state index contributed by atoms with van der Waals surface area (Å²) in [5.41, 5.74) is 3.17. The van der Waals surface area contributed by atoms with Crippen LogP contribution in [0, 0.1) is 0 Å². The lowest BCUT2D eigenvalue weighted by Crippen LogP contribution is -2.31. The van der Waals surface area contributed by atoms with E-state index in [1.54, 1.807) is 24.3 Å². The Kier molecular flexibility index (Phi) is 9.32. The molecule has 10 nitrogen and oxygen atoms in total. The summed E-state index contributed by atoms with van der Waals surface area (Å²) >= 11 is 1.16. The number of amides is 2. The van der Waals surface area contributed by atoms with E-state index in [0.29, 0.717) is 34.7 Å². The molecule has 5 rings (SSSR count). The second-order valence-corrected chi connectivity index (χ2v) is 10.7. The van der Waals surface area contributed by atoms with Crippen LogP contribution in [0.25, 0.3) is 17.1 Å². The van der Waals surface area contributed by atoms with Crippen molar-refractivity contribution < 1.29 is 37.0 Å². The van der Waals surface area contributed by atoms with Gasteiger partial charge in [-0.2, -0.15) is 4.99 Å². The van der Waals surface area contributed by atoms with Gasteiger partial charge in [-0.15, -0.1) is 18.3 Å². The van der Waals surface area contributed by atoms with E-state index in [1.165, 1.54) is 47.3 Å². The first-order chi connectivity index (χ1) is 21.6. The van der Waals surface area contributed by atoms with E-state index in [4.69, 9.17) is 4.74 Å². The minimum absolute atomic E-state index is 0.146. The molecule has 0 radical (unpaired) electrons. The predicted octanol–water partition coefficient (Wildman–Crippen LogP) is 5.70. The minimum atomic E-state index is -4.79. The number of rotatable bonds is 9. The van der Waals surface area contributed by atoms with Crippen LogP contribution in [0.2, 0.25) is 0 Å². The summed E-state index contributed by atoms with van der Waals surface area (Å²) in [5.74, 6) is -2.24. The number of ether oxygens (including phenoxy) is 2. The molecule has 14 heteroatoms. The molecule has 0 bridgehead atoms. The maximum absolute atomic E-state index is 13.1. The van der Waals surface area contributed by atoms with Gasteiger partial charge in [-0.25, -0.2) is 9.67 Å². The monoisotopic (exact) mass is 637 g/mol. The van der Waals surface area contributed by atoms with Gasteiger partial charge in [-0.1, -0.05) is 61.2 Å². The van der Waals surface area contributed by atoms with E-state index in [1.807, 2.05) is 31.2 Å². The zero-order valence-corrected chi connectivity index (χ0v) is 24.8. The van der Waals surface area contributed by atoms with Crippen LogP contribution in [0.1, 0.15) is 30.4 Å². The lowest BCUT2D eigenvalue weighted by molar-refractivity contribution is -0.274. The number of aliphatic imine (C=N–C) groups is 1. The van der Waals surface area contributed by atoms with E-state index in [2.05, 4.69) is 19.8 Å². The lowest BCUT2D eigenvalue weighted by Gasteiger charge is -2.19. The third-order valence-corrected chi connectivity index (χ3v) is 7.78. The fourth-order valence-corrected chi connectivity index (χ4v) is 5.58. The first-order valence-electron chi connectivity index (χ1n) is 13.7. The van der Waals surface area contributed by atoms with E-state index < -0.39 is 24.2 Å². The highest BCUT2D eigenvalue weighted by Gasteiger charge is 2.33. The molecule has 0 spiro atoms. The molecule has 1 fully saturated rings. The number of nitrogens with zero attached hydrogens (tertiary/aromatic N) is 5. The van der Waals surface area contributed by atoms with Gasteiger partial charge in [0.05, 0.1) is 30.2 Å². The van der Waals surface area contributed by atoms with Crippen molar-refractivity contribution in [1.82, 2.24) is 14.8 Å². The molecule has 45 heavy (non-hydrogen) atoms. The Hall–Kier alpha value is -4.98. The van der Waals surface area contributed by atoms with Crippen LogP contribution in [0.4, 0.5) is 18.9 Å². The molecule has 1 unspecified atom stereocenters. The number of hydrogen-bond acceptors (Lipinski definition) is 8. The highest BCUT2D eigenvalue weighted by Crippen LogP contribution is 2.31. The average Bonchev–Trinajstić information content (AvgIpc) is 3.66. The second kappa shape index (κ2) is 13.3. The van der Waals surface area contributed by atoms with E-state index in [-0.39, 0.29) is 29.0 Å². The summed E-state index contributed by atoms with van der Waals surface area (Å²) in [7, 11) is 1.23. The SMILES string of the molecule is CCc1ccccc1N1C(=O)CSC1=NC(=O)CC(C(=O)OC)c1ccc(-c2ncn(-c3ccc(OC(F)(F)F)cc3)n2)cc1. The van der Waals surface area contributed by atoms with Crippen LogP contribution in [0.15, 0.2) is 84.1 Å². The normalized spacial score (nSPS) is 14.9. The van der Waals surface area contributed by atoms with Crippen molar-refractivity contribution in [3.63, 3.8) is 0 Å². The Morgan fingerprint density at radius 3 is 2.42 bits per heavy atom. The van der Waals surface area contributed by atoms with Gasteiger partial charge in [-0.05, 0) is 47.9 Å². The van der Waals surface area contributed by atoms with Crippen molar-refractivity contribution in [2.24, 2.45) is 4.99 Å². The summed E-state index contributed by atoms with van der Waals surface area (Å²) in [6, 6.07) is 19.2. The van der Waals surface area contributed by atoms with Crippen LogP contribution < -0.4 is 9.64 Å². The van der Waals surface area contributed by atoms with Crippen molar-refractivity contribution in [2.75, 3.05) is 17.8 Å². The molecule has 1 aromatic heterocycles. The number of methoxy groups -OCH3 is 1. The molecule has 1 atom stereocenters. The third-order valence-electron chi connectivity index (χ3n) is 6.86. The van der Waals surface area contributed by atoms with E-state index >= 15 is 0 Å². The van der Waals surface area contributed by atoms with Crippen LogP contribution in [0.5, 0.6) is 5.75 Å². The Morgan fingerprint density at radius 2 is 1.76 bits per heavy atom. The molecule has 1 aliphatic heterocycles. The Bertz CT molecular complexity index is 1740. The van der Waals surface area contributed by atoms with Crippen molar-refractivity contribution in [1.29, 1.82) is 0 Å². The number of aryl methyl sites for hydroxylation is 1. The molecular formula is C31H26F3N5O5S. The highest BCUT2D eigenvalue weighted by molar-refractivity contribution is 8.15. The molecule has 1 aliphatic rings. The summed E-state index contributed by atoms with van der Waals surface area (Å²) in [4.78, 5) is 48.5. The molecular weight excluding hydrogens is 611 g/mol.